The molecule has 2 N–H and O–H groups in total. The minimum Gasteiger partial charge on any atom is -0.323 e. The Balaban J connectivity index is 2.54. The maximum absolute atomic E-state index is 5.93. The highest BCUT2D eigenvalue weighted by Crippen LogP contribution is 2.24. The van der Waals surface area contributed by atoms with Gasteiger partial charge in [-0.1, -0.05) is 11.6 Å². The van der Waals surface area contributed by atoms with Gasteiger partial charge in [-0.2, -0.15) is 0 Å². The van der Waals surface area contributed by atoms with Crippen LogP contribution in [0.15, 0.2) is 30.7 Å². The summed E-state index contributed by atoms with van der Waals surface area (Å²) in [7, 11) is 0. The van der Waals surface area contributed by atoms with Crippen LogP contribution in [0.2, 0.25) is 5.02 Å². The summed E-state index contributed by atoms with van der Waals surface area (Å²) in [6.45, 7) is 1.94. The molecule has 84 valence electrons. The number of aromatic nitrogens is 2. The van der Waals surface area contributed by atoms with E-state index in [2.05, 4.69) is 27.6 Å². The fourth-order valence-corrected chi connectivity index (χ4v) is 2.65. The minimum atomic E-state index is -0.0472. The summed E-state index contributed by atoms with van der Waals surface area (Å²) in [6.07, 6.45) is 3.56. The number of imidazole rings is 1. The number of benzene rings is 1. The van der Waals surface area contributed by atoms with E-state index >= 15 is 0 Å². The zero-order valence-corrected chi connectivity index (χ0v) is 11.6. The Kier molecular flexibility index (Phi) is 3.51. The molecule has 3 nitrogen and oxygen atoms in total. The van der Waals surface area contributed by atoms with Crippen LogP contribution >= 0.6 is 34.2 Å². The molecule has 1 aromatic carbocycles. The zero-order valence-electron chi connectivity index (χ0n) is 8.69. The van der Waals surface area contributed by atoms with Crippen LogP contribution in [0.3, 0.4) is 0 Å². The van der Waals surface area contributed by atoms with Crippen LogP contribution < -0.4 is 5.73 Å². The molecule has 0 fully saturated rings. The summed E-state index contributed by atoms with van der Waals surface area (Å²) in [5, 5.41) is 0.732. The first kappa shape index (κ1) is 11.9. The quantitative estimate of drug-likeness (QED) is 0.848. The van der Waals surface area contributed by atoms with Crippen molar-refractivity contribution >= 4 is 34.2 Å². The van der Waals surface area contributed by atoms with Gasteiger partial charge >= 0.3 is 0 Å². The fraction of sp³-hybridized carbons (Fsp3) is 0.182. The summed E-state index contributed by atoms with van der Waals surface area (Å²) in [4.78, 5) is 4.13. The van der Waals surface area contributed by atoms with E-state index < -0.39 is 0 Å². The number of hydrogen-bond acceptors (Lipinski definition) is 2. The van der Waals surface area contributed by atoms with E-state index in [1.165, 1.54) is 0 Å². The van der Waals surface area contributed by atoms with Crippen LogP contribution in [0, 0.1) is 3.57 Å². The molecule has 0 saturated carbocycles. The smallest absolute Gasteiger partial charge is 0.0995 e. The Bertz CT molecular complexity index is 508. The molecule has 2 aromatic rings. The monoisotopic (exact) mass is 347 g/mol. The van der Waals surface area contributed by atoms with Crippen LogP contribution in [0.1, 0.15) is 18.7 Å². The lowest BCUT2D eigenvalue weighted by Gasteiger charge is -2.12. The second-order valence-electron chi connectivity index (χ2n) is 3.57. The van der Waals surface area contributed by atoms with Crippen molar-refractivity contribution in [3.05, 3.63) is 45.0 Å². The van der Waals surface area contributed by atoms with Crippen molar-refractivity contribution in [3.63, 3.8) is 0 Å². The summed E-state index contributed by atoms with van der Waals surface area (Å²) < 4.78 is 3.06. The van der Waals surface area contributed by atoms with Gasteiger partial charge < -0.3 is 10.3 Å². The van der Waals surface area contributed by atoms with Gasteiger partial charge in [0.05, 0.1) is 23.9 Å². The van der Waals surface area contributed by atoms with E-state index in [0.717, 1.165) is 20.0 Å². The van der Waals surface area contributed by atoms with Gasteiger partial charge in [0.15, 0.2) is 0 Å². The molecule has 0 saturated heterocycles. The molecule has 0 radical (unpaired) electrons. The standard InChI is InChI=1S/C11H11ClIN3/c1-7(14)11-5-15-6-16(11)10-3-2-8(12)4-9(10)13/h2-7H,14H2,1H3. The maximum Gasteiger partial charge on any atom is 0.0995 e. The first-order valence-electron chi connectivity index (χ1n) is 4.83. The summed E-state index contributed by atoms with van der Waals surface area (Å²) in [5.41, 5.74) is 7.92. The van der Waals surface area contributed by atoms with Gasteiger partial charge in [0.25, 0.3) is 0 Å². The van der Waals surface area contributed by atoms with E-state index in [9.17, 15) is 0 Å². The Morgan fingerprint density at radius 1 is 1.50 bits per heavy atom. The third-order valence-electron chi connectivity index (χ3n) is 2.30. The first-order valence-corrected chi connectivity index (χ1v) is 6.28. The van der Waals surface area contributed by atoms with Crippen molar-refractivity contribution in [2.24, 2.45) is 5.73 Å². The van der Waals surface area contributed by atoms with Crippen LogP contribution in [0.5, 0.6) is 0 Å². The molecular formula is C11H11ClIN3. The SMILES string of the molecule is CC(N)c1cncn1-c1ccc(Cl)cc1I. The predicted octanol–water partition coefficient (Wildman–Crippen LogP) is 3.15. The molecule has 1 aromatic heterocycles. The summed E-state index contributed by atoms with van der Waals surface area (Å²) >= 11 is 8.18. The van der Waals surface area contributed by atoms with E-state index in [1.807, 2.05) is 29.7 Å². The Hall–Kier alpha value is -0.590. The van der Waals surface area contributed by atoms with Gasteiger partial charge in [-0.05, 0) is 47.7 Å². The molecule has 16 heavy (non-hydrogen) atoms. The number of rotatable bonds is 2. The number of hydrogen-bond donors (Lipinski definition) is 1. The normalized spacial score (nSPS) is 12.8. The lowest BCUT2D eigenvalue weighted by atomic mass is 10.2. The molecule has 1 atom stereocenters. The minimum absolute atomic E-state index is 0.0472. The average molecular weight is 348 g/mol. The molecule has 2 rings (SSSR count). The molecule has 5 heteroatoms. The lowest BCUT2D eigenvalue weighted by Crippen LogP contribution is -2.11. The van der Waals surface area contributed by atoms with Gasteiger partial charge in [0, 0.05) is 14.6 Å². The lowest BCUT2D eigenvalue weighted by molar-refractivity contribution is 0.751. The second-order valence-corrected chi connectivity index (χ2v) is 5.17. The zero-order chi connectivity index (χ0) is 11.7. The third-order valence-corrected chi connectivity index (χ3v) is 3.40. The molecule has 0 aliphatic heterocycles. The number of halogens is 2. The van der Waals surface area contributed by atoms with Crippen molar-refractivity contribution in [3.8, 4) is 5.69 Å². The molecule has 0 spiro atoms. The van der Waals surface area contributed by atoms with Gasteiger partial charge in [-0.15, -0.1) is 0 Å². The highest BCUT2D eigenvalue weighted by molar-refractivity contribution is 14.1. The molecule has 0 amide bonds. The van der Waals surface area contributed by atoms with Gasteiger partial charge in [-0.25, -0.2) is 4.98 Å². The summed E-state index contributed by atoms with van der Waals surface area (Å²) in [5.74, 6) is 0. The molecule has 0 aliphatic rings. The molecule has 0 bridgehead atoms. The first-order chi connectivity index (χ1) is 7.59. The van der Waals surface area contributed by atoms with Crippen LogP contribution in [-0.4, -0.2) is 9.55 Å². The Labute approximate surface area is 113 Å². The Morgan fingerprint density at radius 2 is 2.25 bits per heavy atom. The van der Waals surface area contributed by atoms with E-state index in [0.29, 0.717) is 0 Å². The number of nitrogens with two attached hydrogens (primary N) is 1. The highest BCUT2D eigenvalue weighted by atomic mass is 127. The van der Waals surface area contributed by atoms with Crippen molar-refractivity contribution in [2.75, 3.05) is 0 Å². The predicted molar refractivity (Wildman–Crippen MR) is 73.9 cm³/mol. The molecule has 1 heterocycles. The Morgan fingerprint density at radius 3 is 2.88 bits per heavy atom. The maximum atomic E-state index is 5.93. The van der Waals surface area contributed by atoms with E-state index in [-0.39, 0.29) is 6.04 Å². The number of nitrogens with zero attached hydrogens (tertiary/aromatic N) is 2. The average Bonchev–Trinajstić information content (AvgIpc) is 2.66. The van der Waals surface area contributed by atoms with E-state index in [1.54, 1.807) is 12.5 Å². The van der Waals surface area contributed by atoms with E-state index in [4.69, 9.17) is 17.3 Å². The van der Waals surface area contributed by atoms with Crippen LogP contribution in [0.25, 0.3) is 5.69 Å². The van der Waals surface area contributed by atoms with Gasteiger partial charge in [0.1, 0.15) is 0 Å². The van der Waals surface area contributed by atoms with Crippen LogP contribution in [0.4, 0.5) is 0 Å². The van der Waals surface area contributed by atoms with Gasteiger partial charge in [-0.3, -0.25) is 0 Å². The molecule has 0 aliphatic carbocycles. The van der Waals surface area contributed by atoms with Crippen LogP contribution in [-0.2, 0) is 0 Å². The van der Waals surface area contributed by atoms with Crippen molar-refractivity contribution in [2.45, 2.75) is 13.0 Å². The summed E-state index contributed by atoms with van der Waals surface area (Å²) in [6, 6.07) is 5.71. The van der Waals surface area contributed by atoms with Crippen molar-refractivity contribution in [1.29, 1.82) is 0 Å². The largest absolute Gasteiger partial charge is 0.323 e. The topological polar surface area (TPSA) is 43.8 Å². The van der Waals surface area contributed by atoms with Crippen molar-refractivity contribution in [1.82, 2.24) is 9.55 Å². The third kappa shape index (κ3) is 2.23. The fourth-order valence-electron chi connectivity index (χ4n) is 1.52. The van der Waals surface area contributed by atoms with Gasteiger partial charge in [0.2, 0.25) is 0 Å². The molecular weight excluding hydrogens is 336 g/mol. The molecule has 1 unspecified atom stereocenters. The van der Waals surface area contributed by atoms with Crippen molar-refractivity contribution < 1.29 is 0 Å². The second kappa shape index (κ2) is 4.73. The highest BCUT2D eigenvalue weighted by Gasteiger charge is 2.10.